The molecule has 0 N–H and O–H groups in total. The molecule has 3 aliphatic carbocycles. The van der Waals surface area contributed by atoms with Gasteiger partial charge in [0.25, 0.3) is 0 Å². The Bertz CT molecular complexity index is 1830. The van der Waals surface area contributed by atoms with E-state index in [9.17, 15) is 0 Å². The molecule has 182 valence electrons. The Hall–Kier alpha value is -4.16. The van der Waals surface area contributed by atoms with Crippen LogP contribution in [0.3, 0.4) is 0 Å². The van der Waals surface area contributed by atoms with Crippen LogP contribution in [0.4, 0.5) is 0 Å². The van der Waals surface area contributed by atoms with Crippen LogP contribution in [0.25, 0.3) is 51.3 Å². The number of hydrogen-bond donors (Lipinski definition) is 0. The highest BCUT2D eigenvalue weighted by molar-refractivity contribution is 6.11. The summed E-state index contributed by atoms with van der Waals surface area (Å²) in [6, 6.07) is 34.4. The Morgan fingerprint density at radius 2 is 1.42 bits per heavy atom. The molecule has 2 atom stereocenters. The van der Waals surface area contributed by atoms with Gasteiger partial charge in [0.2, 0.25) is 0 Å². The van der Waals surface area contributed by atoms with E-state index in [2.05, 4.69) is 123 Å². The van der Waals surface area contributed by atoms with Gasteiger partial charge in [-0.05, 0) is 90.7 Å². The summed E-state index contributed by atoms with van der Waals surface area (Å²) >= 11 is 0. The van der Waals surface area contributed by atoms with E-state index in [-0.39, 0.29) is 0 Å². The third kappa shape index (κ3) is 2.98. The summed E-state index contributed by atoms with van der Waals surface area (Å²) in [5.74, 6) is 0.833. The van der Waals surface area contributed by atoms with E-state index in [4.69, 9.17) is 0 Å². The van der Waals surface area contributed by atoms with Gasteiger partial charge in [-0.3, -0.25) is 0 Å². The van der Waals surface area contributed by atoms with E-state index in [1.807, 2.05) is 0 Å². The van der Waals surface area contributed by atoms with Crippen LogP contribution >= 0.6 is 0 Å². The molecule has 5 aromatic rings. The third-order valence-electron chi connectivity index (χ3n) is 9.31. The smallest absolute Gasteiger partial charge is 0.0314 e. The zero-order valence-electron chi connectivity index (χ0n) is 22.0. The molecule has 5 aromatic carbocycles. The Kier molecular flexibility index (Phi) is 4.70. The van der Waals surface area contributed by atoms with E-state index < -0.39 is 0 Å². The van der Waals surface area contributed by atoms with Crippen LogP contribution in [0.1, 0.15) is 65.1 Å². The van der Waals surface area contributed by atoms with Crippen molar-refractivity contribution in [2.45, 2.75) is 32.6 Å². The lowest BCUT2D eigenvalue weighted by molar-refractivity contribution is 0.625. The van der Waals surface area contributed by atoms with Crippen LogP contribution in [0.5, 0.6) is 0 Å². The van der Waals surface area contributed by atoms with Gasteiger partial charge >= 0.3 is 0 Å². The summed E-state index contributed by atoms with van der Waals surface area (Å²) in [5, 5.41) is 2.75. The zero-order chi connectivity index (χ0) is 25.4. The minimum atomic E-state index is 0.308. The highest BCUT2D eigenvalue weighted by Gasteiger charge is 2.34. The molecule has 0 spiro atoms. The van der Waals surface area contributed by atoms with Crippen LogP contribution in [-0.2, 0) is 6.42 Å². The Labute approximate surface area is 225 Å². The lowest BCUT2D eigenvalue weighted by Gasteiger charge is -2.24. The van der Waals surface area contributed by atoms with Crippen molar-refractivity contribution in [3.63, 3.8) is 0 Å². The molecule has 0 saturated heterocycles. The molecule has 0 aliphatic heterocycles. The highest BCUT2D eigenvalue weighted by Crippen LogP contribution is 2.51. The second-order valence-electron chi connectivity index (χ2n) is 11.2. The fraction of sp³-hybridized carbons (Fsp3) is 0.158. The van der Waals surface area contributed by atoms with Gasteiger partial charge in [-0.1, -0.05) is 129 Å². The predicted octanol–water partition coefficient (Wildman–Crippen LogP) is 10.1. The molecule has 0 saturated carbocycles. The topological polar surface area (TPSA) is 0 Å². The summed E-state index contributed by atoms with van der Waals surface area (Å²) in [6.07, 6.45) is 9.23. The van der Waals surface area contributed by atoms with E-state index in [0.717, 1.165) is 12.8 Å². The fourth-order valence-electron chi connectivity index (χ4n) is 7.28. The Morgan fingerprint density at radius 3 is 2.29 bits per heavy atom. The van der Waals surface area contributed by atoms with Gasteiger partial charge in [0.15, 0.2) is 0 Å². The maximum atomic E-state index is 2.55. The van der Waals surface area contributed by atoms with E-state index in [1.54, 1.807) is 5.57 Å². The molecule has 0 heteroatoms. The molecule has 3 aliphatic rings. The molecular weight excluding hydrogens is 456 g/mol. The normalized spacial score (nSPS) is 16.9. The fourth-order valence-corrected chi connectivity index (χ4v) is 7.28. The number of benzene rings is 5. The summed E-state index contributed by atoms with van der Waals surface area (Å²) in [7, 11) is 0. The maximum Gasteiger partial charge on any atom is 0.0314 e. The first-order valence-electron chi connectivity index (χ1n) is 14.0. The lowest BCUT2D eigenvalue weighted by atomic mass is 9.79. The molecular formula is C38H30. The quantitative estimate of drug-likeness (QED) is 0.232. The van der Waals surface area contributed by atoms with Crippen molar-refractivity contribution >= 4 is 29.0 Å². The molecule has 0 radical (unpaired) electrons. The lowest BCUT2D eigenvalue weighted by Crippen LogP contribution is -2.10. The van der Waals surface area contributed by atoms with Crippen molar-refractivity contribution < 1.29 is 0 Å². The minimum Gasteiger partial charge on any atom is -0.0648 e. The van der Waals surface area contributed by atoms with E-state index >= 15 is 0 Å². The van der Waals surface area contributed by atoms with Crippen LogP contribution in [0.15, 0.2) is 96.6 Å². The monoisotopic (exact) mass is 486 g/mol. The molecule has 0 fully saturated rings. The maximum absolute atomic E-state index is 2.55. The van der Waals surface area contributed by atoms with Crippen molar-refractivity contribution in [3.8, 4) is 22.3 Å². The summed E-state index contributed by atoms with van der Waals surface area (Å²) in [5.41, 5.74) is 17.1. The van der Waals surface area contributed by atoms with Crippen molar-refractivity contribution in [1.82, 2.24) is 0 Å². The first-order chi connectivity index (χ1) is 18.7. The van der Waals surface area contributed by atoms with Crippen LogP contribution in [0, 0.1) is 5.92 Å². The molecule has 0 amide bonds. The molecule has 0 aromatic heterocycles. The SMILES string of the molecule is CCC(C)C1=Cc2c(-c3ccc4c5c(cccc35)C=C4)cccc2C1c1cccc2c1Cc1ccccc1-2. The van der Waals surface area contributed by atoms with E-state index in [1.165, 1.54) is 72.0 Å². The summed E-state index contributed by atoms with van der Waals surface area (Å²) < 4.78 is 0. The second-order valence-corrected chi connectivity index (χ2v) is 11.2. The Morgan fingerprint density at radius 1 is 0.684 bits per heavy atom. The number of fused-ring (bicyclic) bond motifs is 4. The first-order valence-corrected chi connectivity index (χ1v) is 14.0. The number of rotatable bonds is 4. The van der Waals surface area contributed by atoms with Crippen molar-refractivity contribution in [2.24, 2.45) is 5.92 Å². The highest BCUT2D eigenvalue weighted by atomic mass is 14.4. The number of hydrogen-bond acceptors (Lipinski definition) is 0. The molecule has 0 heterocycles. The van der Waals surface area contributed by atoms with Gasteiger partial charge in [-0.15, -0.1) is 0 Å². The first kappa shape index (κ1) is 21.9. The molecule has 2 unspecified atom stereocenters. The largest absolute Gasteiger partial charge is 0.0648 e. The summed E-state index contributed by atoms with van der Waals surface area (Å²) in [6.45, 7) is 4.74. The van der Waals surface area contributed by atoms with Crippen LogP contribution in [-0.4, -0.2) is 0 Å². The third-order valence-corrected chi connectivity index (χ3v) is 9.31. The standard InChI is InChI=1S/C38H30/c1-3-23(2)34-22-36-29(30-20-19-25-18-17-24-10-6-14-31(30)37(24)25)13-8-16-33(36)38(34)32-15-7-12-28-27-11-5-4-9-26(27)21-35(28)32/h4-20,22-23,38H,3,21H2,1-2H3. The van der Waals surface area contributed by atoms with Crippen LogP contribution < -0.4 is 0 Å². The van der Waals surface area contributed by atoms with Crippen molar-refractivity contribution in [3.05, 3.63) is 136 Å². The van der Waals surface area contributed by atoms with E-state index in [0.29, 0.717) is 11.8 Å². The van der Waals surface area contributed by atoms with Gasteiger partial charge in [0, 0.05) is 5.92 Å². The van der Waals surface area contributed by atoms with Gasteiger partial charge in [0.1, 0.15) is 0 Å². The average Bonchev–Trinajstić information content (AvgIpc) is 3.67. The molecule has 8 rings (SSSR count). The van der Waals surface area contributed by atoms with Gasteiger partial charge in [-0.25, -0.2) is 0 Å². The van der Waals surface area contributed by atoms with Crippen LogP contribution in [0.2, 0.25) is 0 Å². The molecule has 0 nitrogen and oxygen atoms in total. The predicted molar refractivity (Wildman–Crippen MR) is 162 cm³/mol. The van der Waals surface area contributed by atoms with Gasteiger partial charge in [0.05, 0.1) is 0 Å². The zero-order valence-corrected chi connectivity index (χ0v) is 22.0. The van der Waals surface area contributed by atoms with Gasteiger partial charge in [-0.2, -0.15) is 0 Å². The van der Waals surface area contributed by atoms with Crippen molar-refractivity contribution in [1.29, 1.82) is 0 Å². The number of allylic oxidation sites excluding steroid dienone is 1. The molecule has 38 heavy (non-hydrogen) atoms. The van der Waals surface area contributed by atoms with Crippen molar-refractivity contribution in [2.75, 3.05) is 0 Å². The second kappa shape index (κ2) is 8.17. The van der Waals surface area contributed by atoms with Gasteiger partial charge < -0.3 is 0 Å². The average molecular weight is 487 g/mol. The minimum absolute atomic E-state index is 0.308. The summed E-state index contributed by atoms with van der Waals surface area (Å²) in [4.78, 5) is 0. The Balaban J connectivity index is 1.35. The molecule has 0 bridgehead atoms.